The molecule has 1 atom stereocenters. The van der Waals surface area contributed by atoms with Gasteiger partial charge in [-0.25, -0.2) is 9.07 Å². The third-order valence-electron chi connectivity index (χ3n) is 4.59. The Morgan fingerprint density at radius 3 is 2.80 bits per heavy atom. The molecule has 1 aromatic heterocycles. The lowest BCUT2D eigenvalue weighted by Gasteiger charge is -2.19. The lowest BCUT2D eigenvalue weighted by molar-refractivity contribution is -0.117. The molecular formula is C22H21FN4O3. The van der Waals surface area contributed by atoms with Crippen LogP contribution in [0, 0.1) is 17.7 Å². The number of nitrogens with zero attached hydrogens (tertiary/aromatic N) is 3. The summed E-state index contributed by atoms with van der Waals surface area (Å²) >= 11 is 0. The first-order valence-electron chi connectivity index (χ1n) is 9.20. The van der Waals surface area contributed by atoms with E-state index in [1.165, 1.54) is 21.7 Å². The van der Waals surface area contributed by atoms with E-state index in [0.29, 0.717) is 29.6 Å². The van der Waals surface area contributed by atoms with Crippen molar-refractivity contribution in [2.45, 2.75) is 18.9 Å². The molecule has 3 N–H and O–H groups in total. The number of para-hydroxylation sites is 1. The predicted molar refractivity (Wildman–Crippen MR) is 110 cm³/mol. The van der Waals surface area contributed by atoms with Crippen molar-refractivity contribution in [3.8, 4) is 17.5 Å². The average Bonchev–Trinajstić information content (AvgIpc) is 3.12. The number of primary amides is 1. The largest absolute Gasteiger partial charge is 0.378 e. The van der Waals surface area contributed by atoms with E-state index in [0.717, 1.165) is 0 Å². The zero-order valence-corrected chi connectivity index (χ0v) is 16.6. The van der Waals surface area contributed by atoms with Gasteiger partial charge in [0.15, 0.2) is 5.69 Å². The molecule has 30 heavy (non-hydrogen) atoms. The molecule has 1 unspecified atom stereocenters. The van der Waals surface area contributed by atoms with E-state index in [1.54, 1.807) is 44.3 Å². The number of carbonyl (C=O) groups excluding carboxylic acids is 2. The molecule has 154 valence electrons. The zero-order chi connectivity index (χ0) is 21.9. The van der Waals surface area contributed by atoms with Gasteiger partial charge in [0.25, 0.3) is 5.91 Å². The van der Waals surface area contributed by atoms with Crippen molar-refractivity contribution in [2.24, 2.45) is 5.73 Å². The highest BCUT2D eigenvalue weighted by Gasteiger charge is 2.19. The van der Waals surface area contributed by atoms with E-state index in [2.05, 4.69) is 16.9 Å². The number of fused-ring (bicyclic) bond motifs is 1. The molecule has 0 fully saturated rings. The summed E-state index contributed by atoms with van der Waals surface area (Å²) in [7, 11) is 1.62. The summed E-state index contributed by atoms with van der Waals surface area (Å²) < 4.78 is 15.8. The first kappa shape index (κ1) is 21.0. The number of carbonyl (C=O) groups is 2. The highest BCUT2D eigenvalue weighted by Crippen LogP contribution is 2.25. The van der Waals surface area contributed by atoms with Crippen molar-refractivity contribution >= 4 is 23.2 Å². The molecule has 0 bridgehead atoms. The lowest BCUT2D eigenvalue weighted by atomic mass is 10.0. The van der Waals surface area contributed by atoms with Gasteiger partial charge in [0.05, 0.1) is 5.69 Å². The van der Waals surface area contributed by atoms with Crippen molar-refractivity contribution in [3.05, 3.63) is 59.5 Å². The van der Waals surface area contributed by atoms with Crippen LogP contribution in [-0.2, 0) is 4.79 Å². The minimum absolute atomic E-state index is 0.0248. The normalized spacial score (nSPS) is 12.7. The topological polar surface area (TPSA) is 101 Å². The molecule has 0 aliphatic heterocycles. The van der Waals surface area contributed by atoms with Gasteiger partial charge in [0.1, 0.15) is 16.9 Å². The first-order valence-corrected chi connectivity index (χ1v) is 9.20. The monoisotopic (exact) mass is 408 g/mol. The summed E-state index contributed by atoms with van der Waals surface area (Å²) in [5, 5.41) is 14.9. The second kappa shape index (κ2) is 8.35. The molecule has 0 radical (unpaired) electrons. The number of halogens is 1. The molecule has 2 amide bonds. The Kier molecular flexibility index (Phi) is 5.85. The molecule has 3 rings (SSSR count). The molecule has 0 saturated heterocycles. The lowest BCUT2D eigenvalue weighted by Crippen LogP contribution is -2.29. The third kappa shape index (κ3) is 4.47. The van der Waals surface area contributed by atoms with Crippen molar-refractivity contribution in [2.75, 3.05) is 13.6 Å². The van der Waals surface area contributed by atoms with Gasteiger partial charge in [-0.15, -0.1) is 0 Å². The van der Waals surface area contributed by atoms with Crippen LogP contribution >= 0.6 is 0 Å². The molecule has 0 spiro atoms. The van der Waals surface area contributed by atoms with E-state index in [4.69, 9.17) is 5.73 Å². The van der Waals surface area contributed by atoms with Crippen LogP contribution in [-0.4, -0.2) is 51.3 Å². The van der Waals surface area contributed by atoms with Gasteiger partial charge < -0.3 is 15.7 Å². The number of aromatic nitrogens is 2. The van der Waals surface area contributed by atoms with Crippen molar-refractivity contribution in [1.29, 1.82) is 0 Å². The Morgan fingerprint density at radius 1 is 1.37 bits per heavy atom. The molecule has 0 saturated carbocycles. The molecule has 3 aromatic rings. The van der Waals surface area contributed by atoms with Crippen molar-refractivity contribution < 1.29 is 19.1 Å². The van der Waals surface area contributed by atoms with Gasteiger partial charge in [-0.05, 0) is 31.2 Å². The van der Waals surface area contributed by atoms with Gasteiger partial charge in [-0.2, -0.15) is 5.10 Å². The molecule has 0 aliphatic rings. The first-order chi connectivity index (χ1) is 14.2. The minimum atomic E-state index is -1.29. The fraction of sp³-hybridized carbons (Fsp3) is 0.227. The number of hydrogen-bond acceptors (Lipinski definition) is 4. The highest BCUT2D eigenvalue weighted by atomic mass is 19.1. The third-order valence-corrected chi connectivity index (χ3v) is 4.59. The van der Waals surface area contributed by atoms with E-state index < -0.39 is 17.3 Å². The van der Waals surface area contributed by atoms with Gasteiger partial charge >= 0.3 is 0 Å². The molecule has 1 heterocycles. The van der Waals surface area contributed by atoms with Gasteiger partial charge in [-0.3, -0.25) is 9.59 Å². The highest BCUT2D eigenvalue weighted by molar-refractivity contribution is 6.04. The molecule has 0 aliphatic carbocycles. The Balaban J connectivity index is 1.98. The number of rotatable bonds is 6. The molecular weight excluding hydrogens is 387 g/mol. The fourth-order valence-corrected chi connectivity index (χ4v) is 2.93. The Bertz CT molecular complexity index is 1170. The maximum Gasteiger partial charge on any atom is 0.269 e. The number of benzene rings is 2. The summed E-state index contributed by atoms with van der Waals surface area (Å²) in [6.07, 6.45) is 0.965. The van der Waals surface area contributed by atoms with Gasteiger partial charge in [0.2, 0.25) is 6.41 Å². The van der Waals surface area contributed by atoms with Crippen LogP contribution in [0.3, 0.4) is 0 Å². The van der Waals surface area contributed by atoms with Crippen LogP contribution in [0.25, 0.3) is 16.6 Å². The Hall–Kier alpha value is -3.70. The summed E-state index contributed by atoms with van der Waals surface area (Å²) in [5.74, 6) is 4.40. The van der Waals surface area contributed by atoms with E-state index in [9.17, 15) is 19.1 Å². The van der Waals surface area contributed by atoms with Crippen LogP contribution < -0.4 is 5.73 Å². The Labute approximate surface area is 172 Å². The quantitative estimate of drug-likeness (QED) is 0.480. The van der Waals surface area contributed by atoms with Crippen LogP contribution in [0.4, 0.5) is 4.39 Å². The Morgan fingerprint density at radius 2 is 2.10 bits per heavy atom. The second-order valence-corrected chi connectivity index (χ2v) is 7.17. The van der Waals surface area contributed by atoms with E-state index >= 15 is 0 Å². The summed E-state index contributed by atoms with van der Waals surface area (Å²) in [6, 6.07) is 11.2. The van der Waals surface area contributed by atoms with E-state index in [1.807, 2.05) is 0 Å². The van der Waals surface area contributed by atoms with Crippen molar-refractivity contribution in [1.82, 2.24) is 14.7 Å². The SMILES string of the molecule is CN(C=O)CCC(C)(O)C#Cc1cccc(-n2nc(C(N)=O)c3cccc(F)c32)c1. The predicted octanol–water partition coefficient (Wildman–Crippen LogP) is 1.84. The standard InChI is InChI=1S/C22H21FN4O3/c1-22(30,11-12-26(2)14-28)10-9-15-5-3-6-16(13-15)27-20-17(7-4-8-18(20)23)19(25-27)21(24)29/h3-8,13-14,30H,11-12H2,1-2H3,(H2,24,29). The van der Waals surface area contributed by atoms with E-state index in [-0.39, 0.29) is 17.6 Å². The fourth-order valence-electron chi connectivity index (χ4n) is 2.93. The van der Waals surface area contributed by atoms with Crippen molar-refractivity contribution in [3.63, 3.8) is 0 Å². The van der Waals surface area contributed by atoms with Crippen LogP contribution in [0.1, 0.15) is 29.4 Å². The van der Waals surface area contributed by atoms with Crippen LogP contribution in [0.2, 0.25) is 0 Å². The number of hydrogen-bond donors (Lipinski definition) is 2. The maximum atomic E-state index is 14.5. The van der Waals surface area contributed by atoms with Crippen LogP contribution in [0.5, 0.6) is 0 Å². The summed E-state index contributed by atoms with van der Waals surface area (Å²) in [4.78, 5) is 23.8. The summed E-state index contributed by atoms with van der Waals surface area (Å²) in [5.41, 5.74) is 5.27. The number of aliphatic hydroxyl groups is 1. The smallest absolute Gasteiger partial charge is 0.269 e. The number of nitrogens with two attached hydrogens (primary N) is 1. The average molecular weight is 408 g/mol. The maximum absolute atomic E-state index is 14.5. The minimum Gasteiger partial charge on any atom is -0.378 e. The van der Waals surface area contributed by atoms with Crippen LogP contribution in [0.15, 0.2) is 42.5 Å². The summed E-state index contributed by atoms with van der Waals surface area (Å²) in [6.45, 7) is 1.93. The zero-order valence-electron chi connectivity index (χ0n) is 16.6. The van der Waals surface area contributed by atoms with Gasteiger partial charge in [0, 0.05) is 31.0 Å². The molecule has 7 nitrogen and oxygen atoms in total. The van der Waals surface area contributed by atoms with Gasteiger partial charge in [-0.1, -0.05) is 30.0 Å². The molecule has 8 heteroatoms. The second-order valence-electron chi connectivity index (χ2n) is 7.17. The molecule has 2 aromatic carbocycles. The number of amides is 2.